The predicted molar refractivity (Wildman–Crippen MR) is 89.5 cm³/mol. The molecule has 4 nitrogen and oxygen atoms in total. The van der Waals surface area contributed by atoms with E-state index in [9.17, 15) is 4.79 Å². The number of likely N-dealkylation sites (tertiary alicyclic amines) is 1. The molecule has 0 aromatic heterocycles. The summed E-state index contributed by atoms with van der Waals surface area (Å²) in [5.41, 5.74) is 0.686. The molecule has 2 rings (SSSR count). The predicted octanol–water partition coefficient (Wildman–Crippen LogP) is 2.91. The van der Waals surface area contributed by atoms with Crippen LogP contribution in [0.5, 0.6) is 0 Å². The lowest BCUT2D eigenvalue weighted by molar-refractivity contribution is -0.0382. The molecule has 0 saturated carbocycles. The maximum absolute atomic E-state index is 12.6. The molecule has 1 aliphatic rings. The zero-order chi connectivity index (χ0) is 16.1. The van der Waals surface area contributed by atoms with Gasteiger partial charge in [-0.05, 0) is 30.7 Å². The Balaban J connectivity index is 1.97. The second kappa shape index (κ2) is 7.95. The molecule has 0 bridgehead atoms. The zero-order valence-corrected chi connectivity index (χ0v) is 14.3. The van der Waals surface area contributed by atoms with Crippen molar-refractivity contribution in [3.05, 3.63) is 34.9 Å². The third kappa shape index (κ3) is 4.22. The average Bonchev–Trinajstić information content (AvgIpc) is 2.48. The van der Waals surface area contributed by atoms with Gasteiger partial charge in [-0.2, -0.15) is 0 Å². The lowest BCUT2D eigenvalue weighted by atomic mass is 10.0. The number of hydrogen-bond acceptors (Lipinski definition) is 3. The number of benzene rings is 1. The molecule has 0 aliphatic carbocycles. The first-order valence-corrected chi connectivity index (χ1v) is 8.20. The Kier molecular flexibility index (Phi) is 6.24. The smallest absolute Gasteiger partial charge is 0.253 e. The van der Waals surface area contributed by atoms with E-state index in [2.05, 4.69) is 11.8 Å². The van der Waals surface area contributed by atoms with Crippen LogP contribution in [0.25, 0.3) is 0 Å². The normalized spacial score (nSPS) is 17.1. The quantitative estimate of drug-likeness (QED) is 0.773. The SMILES string of the molecule is CCCC(CN1CC(OC)C1)N(C)C(=O)c1ccc(Cl)cc1. The minimum absolute atomic E-state index is 0.0546. The molecular formula is C17H25ClN2O2. The van der Waals surface area contributed by atoms with Gasteiger partial charge in [0.15, 0.2) is 0 Å². The number of nitrogens with zero attached hydrogens (tertiary/aromatic N) is 2. The maximum Gasteiger partial charge on any atom is 0.253 e. The third-order valence-electron chi connectivity index (χ3n) is 4.31. The third-order valence-corrected chi connectivity index (χ3v) is 4.56. The summed E-state index contributed by atoms with van der Waals surface area (Å²) in [7, 11) is 3.65. The summed E-state index contributed by atoms with van der Waals surface area (Å²) in [6, 6.07) is 7.32. The second-order valence-corrected chi connectivity index (χ2v) is 6.38. The molecule has 1 atom stereocenters. The number of halogens is 1. The Morgan fingerprint density at radius 3 is 2.59 bits per heavy atom. The van der Waals surface area contributed by atoms with Gasteiger partial charge in [0, 0.05) is 50.4 Å². The highest BCUT2D eigenvalue weighted by Gasteiger charge is 2.30. The van der Waals surface area contributed by atoms with Gasteiger partial charge in [0.05, 0.1) is 6.10 Å². The minimum Gasteiger partial charge on any atom is -0.379 e. The minimum atomic E-state index is 0.0546. The van der Waals surface area contributed by atoms with Crippen molar-refractivity contribution in [2.75, 3.05) is 33.8 Å². The van der Waals surface area contributed by atoms with Crippen molar-refractivity contribution in [2.24, 2.45) is 0 Å². The van der Waals surface area contributed by atoms with E-state index in [4.69, 9.17) is 16.3 Å². The van der Waals surface area contributed by atoms with Crippen molar-refractivity contribution in [1.29, 1.82) is 0 Å². The van der Waals surface area contributed by atoms with Gasteiger partial charge in [0.1, 0.15) is 0 Å². The van der Waals surface area contributed by atoms with Gasteiger partial charge < -0.3 is 9.64 Å². The van der Waals surface area contributed by atoms with E-state index >= 15 is 0 Å². The van der Waals surface area contributed by atoms with Crippen LogP contribution in [-0.2, 0) is 4.74 Å². The van der Waals surface area contributed by atoms with Gasteiger partial charge >= 0.3 is 0 Å². The van der Waals surface area contributed by atoms with E-state index in [0.29, 0.717) is 16.7 Å². The molecule has 5 heteroatoms. The van der Waals surface area contributed by atoms with E-state index in [1.54, 1.807) is 31.4 Å². The van der Waals surface area contributed by atoms with Crippen LogP contribution in [0.3, 0.4) is 0 Å². The van der Waals surface area contributed by atoms with E-state index in [-0.39, 0.29) is 11.9 Å². The van der Waals surface area contributed by atoms with Gasteiger partial charge in [-0.15, -0.1) is 0 Å². The first-order valence-electron chi connectivity index (χ1n) is 7.83. The maximum atomic E-state index is 12.6. The molecule has 1 unspecified atom stereocenters. The number of methoxy groups -OCH3 is 1. The van der Waals surface area contributed by atoms with Crippen LogP contribution in [-0.4, -0.2) is 61.6 Å². The van der Waals surface area contributed by atoms with Crippen LogP contribution in [0, 0.1) is 0 Å². The zero-order valence-electron chi connectivity index (χ0n) is 13.6. The molecule has 1 aromatic rings. The fourth-order valence-electron chi connectivity index (χ4n) is 2.82. The fourth-order valence-corrected chi connectivity index (χ4v) is 2.95. The van der Waals surface area contributed by atoms with Crippen LogP contribution in [0.2, 0.25) is 5.02 Å². The summed E-state index contributed by atoms with van der Waals surface area (Å²) >= 11 is 5.89. The Bertz CT molecular complexity index is 486. The highest BCUT2D eigenvalue weighted by Crippen LogP contribution is 2.18. The summed E-state index contributed by atoms with van der Waals surface area (Å²) in [5, 5.41) is 0.649. The topological polar surface area (TPSA) is 32.8 Å². The van der Waals surface area contributed by atoms with E-state index in [0.717, 1.165) is 32.5 Å². The number of likely N-dealkylation sites (N-methyl/N-ethyl adjacent to an activating group) is 1. The average molecular weight is 325 g/mol. The Morgan fingerprint density at radius 1 is 1.41 bits per heavy atom. The van der Waals surface area contributed by atoms with Crippen LogP contribution in [0.15, 0.2) is 24.3 Å². The molecule has 22 heavy (non-hydrogen) atoms. The van der Waals surface area contributed by atoms with Gasteiger partial charge in [0.25, 0.3) is 5.91 Å². The molecule has 1 fully saturated rings. The number of carbonyl (C=O) groups is 1. The summed E-state index contributed by atoms with van der Waals surface area (Å²) in [6.45, 7) is 4.98. The highest BCUT2D eigenvalue weighted by atomic mass is 35.5. The second-order valence-electron chi connectivity index (χ2n) is 5.94. The van der Waals surface area contributed by atoms with Crippen molar-refractivity contribution >= 4 is 17.5 Å². The first-order chi connectivity index (χ1) is 10.5. The van der Waals surface area contributed by atoms with Gasteiger partial charge in [-0.3, -0.25) is 9.69 Å². The fraction of sp³-hybridized carbons (Fsp3) is 0.588. The summed E-state index contributed by atoms with van der Waals surface area (Å²) in [4.78, 5) is 16.8. The van der Waals surface area contributed by atoms with Crippen molar-refractivity contribution in [3.63, 3.8) is 0 Å². The van der Waals surface area contributed by atoms with E-state index in [1.165, 1.54) is 0 Å². The molecular weight excluding hydrogens is 300 g/mol. The molecule has 1 aromatic carbocycles. The number of hydrogen-bond donors (Lipinski definition) is 0. The van der Waals surface area contributed by atoms with Crippen LogP contribution in [0.4, 0.5) is 0 Å². The number of rotatable bonds is 7. The van der Waals surface area contributed by atoms with Crippen LogP contribution >= 0.6 is 11.6 Å². The Hall–Kier alpha value is -1.10. The Labute approximate surface area is 138 Å². The van der Waals surface area contributed by atoms with E-state index in [1.807, 2.05) is 11.9 Å². The molecule has 1 amide bonds. The molecule has 1 saturated heterocycles. The molecule has 0 N–H and O–H groups in total. The van der Waals surface area contributed by atoms with Gasteiger partial charge in [-0.1, -0.05) is 24.9 Å². The van der Waals surface area contributed by atoms with Crippen molar-refractivity contribution < 1.29 is 9.53 Å². The lowest BCUT2D eigenvalue weighted by Gasteiger charge is -2.42. The summed E-state index contributed by atoms with van der Waals surface area (Å²) in [5.74, 6) is 0.0546. The number of amides is 1. The number of ether oxygens (including phenoxy) is 1. The van der Waals surface area contributed by atoms with Crippen molar-refractivity contribution in [2.45, 2.75) is 31.9 Å². The molecule has 0 radical (unpaired) electrons. The monoisotopic (exact) mass is 324 g/mol. The van der Waals surface area contributed by atoms with Gasteiger partial charge in [-0.25, -0.2) is 0 Å². The first kappa shape index (κ1) is 17.3. The van der Waals surface area contributed by atoms with Gasteiger partial charge in [0.2, 0.25) is 0 Å². The van der Waals surface area contributed by atoms with E-state index < -0.39 is 0 Å². The summed E-state index contributed by atoms with van der Waals surface area (Å²) in [6.07, 6.45) is 2.41. The molecule has 1 heterocycles. The standard InChI is InChI=1S/C17H25ClN2O2/c1-4-5-15(10-20-11-16(12-20)22-3)19(2)17(21)13-6-8-14(18)9-7-13/h6-9,15-16H,4-5,10-12H2,1-3H3. The Morgan fingerprint density at radius 2 is 2.05 bits per heavy atom. The molecule has 1 aliphatic heterocycles. The lowest BCUT2D eigenvalue weighted by Crippen LogP contribution is -2.56. The van der Waals surface area contributed by atoms with Crippen LogP contribution in [0.1, 0.15) is 30.1 Å². The molecule has 0 spiro atoms. The van der Waals surface area contributed by atoms with Crippen molar-refractivity contribution in [1.82, 2.24) is 9.80 Å². The van der Waals surface area contributed by atoms with Crippen LogP contribution < -0.4 is 0 Å². The highest BCUT2D eigenvalue weighted by molar-refractivity contribution is 6.30. The number of carbonyl (C=O) groups excluding carboxylic acids is 1. The summed E-state index contributed by atoms with van der Waals surface area (Å²) < 4.78 is 5.31. The molecule has 122 valence electrons. The largest absolute Gasteiger partial charge is 0.379 e. The van der Waals surface area contributed by atoms with Crippen molar-refractivity contribution in [3.8, 4) is 0 Å².